The second-order valence-electron chi connectivity index (χ2n) is 9.25. The van der Waals surface area contributed by atoms with Crippen LogP contribution in [0.15, 0.2) is 42.9 Å². The number of aromatic nitrogens is 4. The molecule has 192 valence electrons. The van der Waals surface area contributed by atoms with Crippen molar-refractivity contribution < 1.29 is 14.6 Å². The maximum absolute atomic E-state index is 12.9. The quantitative estimate of drug-likeness (QED) is 0.357. The van der Waals surface area contributed by atoms with E-state index in [0.717, 1.165) is 42.7 Å². The van der Waals surface area contributed by atoms with Gasteiger partial charge in [-0.1, -0.05) is 6.07 Å². The number of benzene rings is 1. The van der Waals surface area contributed by atoms with E-state index in [9.17, 15) is 15.2 Å². The Morgan fingerprint density at radius 1 is 1.18 bits per heavy atom. The van der Waals surface area contributed by atoms with Crippen molar-refractivity contribution >= 4 is 28.7 Å². The number of piperidine rings is 1. The molecule has 0 radical (unpaired) electrons. The van der Waals surface area contributed by atoms with Gasteiger partial charge in [-0.05, 0) is 43.5 Å². The van der Waals surface area contributed by atoms with Gasteiger partial charge < -0.3 is 25.4 Å². The average molecular weight is 511 g/mol. The first-order valence-corrected chi connectivity index (χ1v) is 12.6. The summed E-state index contributed by atoms with van der Waals surface area (Å²) in [7, 11) is 0. The van der Waals surface area contributed by atoms with E-state index in [-0.39, 0.29) is 12.0 Å². The third-order valence-corrected chi connectivity index (χ3v) is 6.98. The molecule has 3 N–H and O–H groups in total. The predicted octanol–water partition coefficient (Wildman–Crippen LogP) is 3.01. The van der Waals surface area contributed by atoms with Gasteiger partial charge in [-0.2, -0.15) is 10.4 Å². The van der Waals surface area contributed by atoms with Crippen molar-refractivity contribution in [2.75, 3.05) is 29.9 Å². The lowest BCUT2D eigenvalue weighted by atomic mass is 9.99. The summed E-state index contributed by atoms with van der Waals surface area (Å²) < 4.78 is 7.33. The van der Waals surface area contributed by atoms with Crippen LogP contribution in [-0.4, -0.2) is 56.4 Å². The summed E-state index contributed by atoms with van der Waals surface area (Å²) in [6.45, 7) is 4.20. The molecule has 2 aliphatic rings. The Kier molecular flexibility index (Phi) is 6.01. The monoisotopic (exact) mass is 510 g/mol. The molecule has 11 nitrogen and oxygen atoms in total. The van der Waals surface area contributed by atoms with Gasteiger partial charge in [0.15, 0.2) is 11.4 Å². The highest BCUT2D eigenvalue weighted by Gasteiger charge is 2.28. The number of carbonyl (C=O) groups excluding carboxylic acids is 1. The van der Waals surface area contributed by atoms with Gasteiger partial charge in [0, 0.05) is 25.2 Å². The molecule has 5 heterocycles. The molecule has 3 aromatic heterocycles. The largest absolute Gasteiger partial charge is 0.489 e. The molecular weight excluding hydrogens is 484 g/mol. The molecule has 0 bridgehead atoms. The Labute approximate surface area is 218 Å². The number of ether oxygens (including phenoxy) is 1. The molecule has 0 aliphatic carbocycles. The fraction of sp³-hybridized carbons (Fsp3) is 0.296. The van der Waals surface area contributed by atoms with Crippen LogP contribution < -0.4 is 20.3 Å². The zero-order valence-electron chi connectivity index (χ0n) is 20.8. The molecule has 2 aliphatic heterocycles. The van der Waals surface area contributed by atoms with E-state index < -0.39 is 0 Å². The summed E-state index contributed by atoms with van der Waals surface area (Å²) in [6, 6.07) is 9.77. The van der Waals surface area contributed by atoms with E-state index in [1.165, 1.54) is 6.20 Å². The van der Waals surface area contributed by atoms with Crippen molar-refractivity contribution in [1.82, 2.24) is 24.9 Å². The van der Waals surface area contributed by atoms with Gasteiger partial charge in [0.05, 0.1) is 53.9 Å². The summed E-state index contributed by atoms with van der Waals surface area (Å²) in [6.07, 6.45) is 6.23. The highest BCUT2D eigenvalue weighted by molar-refractivity contribution is 6.06. The summed E-state index contributed by atoms with van der Waals surface area (Å²) >= 11 is 0. The fourth-order valence-corrected chi connectivity index (χ4v) is 5.06. The number of anilines is 3. The van der Waals surface area contributed by atoms with Crippen LogP contribution in [0.5, 0.6) is 5.75 Å². The summed E-state index contributed by atoms with van der Waals surface area (Å²) in [5, 5.41) is 29.8. The Balaban J connectivity index is 1.33. The lowest BCUT2D eigenvalue weighted by Gasteiger charge is -2.31. The van der Waals surface area contributed by atoms with Crippen molar-refractivity contribution in [2.24, 2.45) is 0 Å². The minimum Gasteiger partial charge on any atom is -0.489 e. The Morgan fingerprint density at radius 2 is 2.03 bits per heavy atom. The third kappa shape index (κ3) is 4.05. The highest BCUT2D eigenvalue weighted by Crippen LogP contribution is 2.36. The lowest BCUT2D eigenvalue weighted by molar-refractivity contribution is 0.0966. The maximum atomic E-state index is 12.9. The normalized spacial score (nSPS) is 15.3. The zero-order valence-corrected chi connectivity index (χ0v) is 20.8. The number of hydrogen-bond donors (Lipinski definition) is 3. The van der Waals surface area contributed by atoms with Gasteiger partial charge in [0.1, 0.15) is 17.5 Å². The van der Waals surface area contributed by atoms with Gasteiger partial charge in [-0.3, -0.25) is 4.79 Å². The molecule has 38 heavy (non-hydrogen) atoms. The molecule has 1 fully saturated rings. The molecule has 1 amide bonds. The number of carbonyl (C=O) groups is 1. The number of hydrogen-bond acceptors (Lipinski definition) is 9. The molecule has 0 spiro atoms. The molecule has 4 aromatic rings. The number of rotatable bonds is 6. The van der Waals surface area contributed by atoms with Crippen molar-refractivity contribution in [1.29, 1.82) is 5.26 Å². The van der Waals surface area contributed by atoms with Gasteiger partial charge in [0.25, 0.3) is 5.91 Å². The Morgan fingerprint density at radius 3 is 2.76 bits per heavy atom. The fourth-order valence-electron chi connectivity index (χ4n) is 5.06. The van der Waals surface area contributed by atoms with E-state index in [4.69, 9.17) is 4.74 Å². The number of fused-ring (bicyclic) bond motifs is 2. The lowest BCUT2D eigenvalue weighted by Crippen LogP contribution is -2.35. The molecule has 6 rings (SSSR count). The number of pyridine rings is 1. The van der Waals surface area contributed by atoms with Crippen LogP contribution in [0.2, 0.25) is 0 Å². The van der Waals surface area contributed by atoms with E-state index in [0.29, 0.717) is 52.9 Å². The number of nitrogens with one attached hydrogen (secondary N) is 2. The number of amides is 1. The van der Waals surface area contributed by atoms with Gasteiger partial charge >= 0.3 is 0 Å². The van der Waals surface area contributed by atoms with Crippen molar-refractivity contribution in [3.05, 3.63) is 59.5 Å². The van der Waals surface area contributed by atoms with E-state index in [1.807, 2.05) is 37.4 Å². The van der Waals surface area contributed by atoms with Crippen molar-refractivity contribution in [3.8, 4) is 23.1 Å². The maximum Gasteiger partial charge on any atom is 0.254 e. The Bertz CT molecular complexity index is 1570. The number of nitriles is 1. The van der Waals surface area contributed by atoms with E-state index in [2.05, 4.69) is 36.7 Å². The molecular formula is C27H26N8O3. The number of aliphatic hydroxyl groups excluding tert-OH is 1. The van der Waals surface area contributed by atoms with Gasteiger partial charge in [-0.15, -0.1) is 0 Å². The highest BCUT2D eigenvalue weighted by atomic mass is 16.5. The molecule has 0 atom stereocenters. The second-order valence-corrected chi connectivity index (χ2v) is 9.25. The first-order valence-electron chi connectivity index (χ1n) is 12.6. The third-order valence-electron chi connectivity index (χ3n) is 6.98. The number of aliphatic hydroxyl groups is 1. The molecule has 1 saturated heterocycles. The molecule has 0 saturated carbocycles. The summed E-state index contributed by atoms with van der Waals surface area (Å²) in [4.78, 5) is 24.1. The second kappa shape index (κ2) is 9.64. The minimum atomic E-state index is -0.227. The smallest absolute Gasteiger partial charge is 0.254 e. The van der Waals surface area contributed by atoms with Crippen LogP contribution in [0.1, 0.15) is 41.3 Å². The van der Waals surface area contributed by atoms with Crippen LogP contribution in [0.3, 0.4) is 0 Å². The van der Waals surface area contributed by atoms with Gasteiger partial charge in [0.2, 0.25) is 0 Å². The first kappa shape index (κ1) is 23.7. The van der Waals surface area contributed by atoms with Crippen LogP contribution in [0, 0.1) is 11.3 Å². The van der Waals surface area contributed by atoms with Gasteiger partial charge in [-0.25, -0.2) is 14.5 Å². The molecule has 1 aromatic carbocycles. The van der Waals surface area contributed by atoms with E-state index in [1.54, 1.807) is 10.7 Å². The van der Waals surface area contributed by atoms with Crippen LogP contribution in [0.4, 0.5) is 17.2 Å². The average Bonchev–Trinajstić information content (AvgIpc) is 3.55. The molecule has 0 unspecified atom stereocenters. The number of imidazole rings is 1. The number of nitrogens with zero attached hydrogens (tertiary/aromatic N) is 6. The standard InChI is InChI=1S/C27H26N8O3/c1-2-38-25-16(11-28)12-32-35-22(15-30-26(25)35)19-4-5-21(24-20(19)14-31-27(24)37)33-23-6-3-17(13-29-23)34-9-7-18(36)8-10-34/h3-6,12-13,15,18,36H,2,7-10,14H2,1H3,(H,29,33)(H,31,37). The first-order chi connectivity index (χ1) is 18.6. The van der Waals surface area contributed by atoms with Crippen LogP contribution >= 0.6 is 0 Å². The zero-order chi connectivity index (χ0) is 26.2. The summed E-state index contributed by atoms with van der Waals surface area (Å²) in [5.74, 6) is 0.842. The van der Waals surface area contributed by atoms with Crippen LogP contribution in [-0.2, 0) is 6.54 Å². The van der Waals surface area contributed by atoms with Crippen molar-refractivity contribution in [2.45, 2.75) is 32.4 Å². The Hall–Kier alpha value is -4.69. The molecule has 11 heteroatoms. The predicted molar refractivity (Wildman–Crippen MR) is 140 cm³/mol. The van der Waals surface area contributed by atoms with Crippen molar-refractivity contribution in [3.63, 3.8) is 0 Å². The SMILES string of the molecule is CCOc1c(C#N)cnn2c(-c3ccc(Nc4ccc(N5CCC(O)CC5)cn4)c4c3CNC4=O)cnc12. The topological polar surface area (TPSA) is 141 Å². The van der Waals surface area contributed by atoms with Crippen LogP contribution in [0.25, 0.3) is 16.9 Å². The minimum absolute atomic E-state index is 0.170. The summed E-state index contributed by atoms with van der Waals surface area (Å²) in [5.41, 5.74) is 5.30. The van der Waals surface area contributed by atoms with E-state index >= 15 is 0 Å².